The predicted octanol–water partition coefficient (Wildman–Crippen LogP) is 2.92. The van der Waals surface area contributed by atoms with Gasteiger partial charge < -0.3 is 33.5 Å². The number of hydrogen-bond donors (Lipinski definition) is 1. The first-order valence-corrected chi connectivity index (χ1v) is 12.6. The van der Waals surface area contributed by atoms with Crippen LogP contribution >= 0.6 is 0 Å². The van der Waals surface area contributed by atoms with Gasteiger partial charge in [-0.15, -0.1) is 0 Å². The van der Waals surface area contributed by atoms with Crippen molar-refractivity contribution in [3.05, 3.63) is 70.9 Å². The van der Waals surface area contributed by atoms with Gasteiger partial charge in [0, 0.05) is 17.2 Å². The standard InChI is InChI=1S/C25H17NO10S/c27-25(28)24-23(14-2-4-17-19(6-14)34-11-32-17)15-7-20-21(36-12-35-20)8-22(15)37(29,30)26(24)9-13-1-3-16-18(5-13)33-10-31-16/h1-8H,9-12H2,(H,27,28). The molecule has 0 saturated heterocycles. The fourth-order valence-corrected chi connectivity index (χ4v) is 6.41. The molecule has 3 aromatic rings. The van der Waals surface area contributed by atoms with Gasteiger partial charge in [0.15, 0.2) is 34.5 Å². The fraction of sp³-hybridized carbons (Fsp3) is 0.160. The van der Waals surface area contributed by atoms with Crippen LogP contribution < -0.4 is 28.4 Å². The Kier molecular flexibility index (Phi) is 4.52. The summed E-state index contributed by atoms with van der Waals surface area (Å²) < 4.78 is 61.4. The highest BCUT2D eigenvalue weighted by atomic mass is 32.2. The molecule has 4 heterocycles. The molecule has 0 radical (unpaired) electrons. The van der Waals surface area contributed by atoms with Crippen LogP contribution in [0.4, 0.5) is 0 Å². The number of rotatable bonds is 4. The van der Waals surface area contributed by atoms with E-state index in [4.69, 9.17) is 28.4 Å². The Morgan fingerprint density at radius 1 is 0.757 bits per heavy atom. The maximum atomic E-state index is 14.0. The van der Waals surface area contributed by atoms with E-state index in [2.05, 4.69) is 0 Å². The quantitative estimate of drug-likeness (QED) is 0.545. The second-order valence-corrected chi connectivity index (χ2v) is 10.3. The number of carboxylic acids is 1. The van der Waals surface area contributed by atoms with Crippen molar-refractivity contribution in [1.82, 2.24) is 4.31 Å². The Hall–Kier alpha value is -4.58. The normalized spacial score (nSPS) is 17.7. The summed E-state index contributed by atoms with van der Waals surface area (Å²) in [5.41, 5.74) is 0.910. The van der Waals surface area contributed by atoms with E-state index in [9.17, 15) is 18.3 Å². The van der Waals surface area contributed by atoms with E-state index >= 15 is 0 Å². The number of fused-ring (bicyclic) bond motifs is 4. The average molecular weight is 523 g/mol. The third-order valence-electron chi connectivity index (χ3n) is 6.43. The zero-order valence-electron chi connectivity index (χ0n) is 18.9. The Balaban J connectivity index is 1.47. The van der Waals surface area contributed by atoms with Crippen molar-refractivity contribution in [2.24, 2.45) is 0 Å². The molecular weight excluding hydrogens is 506 g/mol. The largest absolute Gasteiger partial charge is 0.477 e. The van der Waals surface area contributed by atoms with Gasteiger partial charge in [-0.05, 0) is 41.5 Å². The average Bonchev–Trinajstić information content (AvgIpc) is 3.64. The maximum Gasteiger partial charge on any atom is 0.353 e. The molecule has 1 N–H and O–H groups in total. The van der Waals surface area contributed by atoms with Gasteiger partial charge in [-0.25, -0.2) is 13.2 Å². The first-order chi connectivity index (χ1) is 17.9. The molecule has 0 amide bonds. The molecule has 7 rings (SSSR count). The van der Waals surface area contributed by atoms with E-state index in [1.807, 2.05) is 0 Å². The smallest absolute Gasteiger partial charge is 0.353 e. The van der Waals surface area contributed by atoms with Crippen molar-refractivity contribution in [3.8, 4) is 34.5 Å². The van der Waals surface area contributed by atoms with Crippen LogP contribution in [-0.4, -0.2) is 44.2 Å². The van der Waals surface area contributed by atoms with Crippen LogP contribution in [0.3, 0.4) is 0 Å². The Morgan fingerprint density at radius 2 is 1.32 bits per heavy atom. The predicted molar refractivity (Wildman–Crippen MR) is 124 cm³/mol. The van der Waals surface area contributed by atoms with Crippen LogP contribution in [0.2, 0.25) is 0 Å². The molecule has 37 heavy (non-hydrogen) atoms. The molecule has 3 aromatic carbocycles. The van der Waals surface area contributed by atoms with Gasteiger partial charge in [0.25, 0.3) is 10.0 Å². The molecule has 0 unspecified atom stereocenters. The second kappa shape index (κ2) is 7.71. The van der Waals surface area contributed by atoms with Gasteiger partial charge in [0.1, 0.15) is 5.70 Å². The number of aliphatic carboxylic acids is 1. The van der Waals surface area contributed by atoms with Gasteiger partial charge in [0.05, 0.1) is 11.4 Å². The third kappa shape index (κ3) is 3.25. The van der Waals surface area contributed by atoms with Crippen molar-refractivity contribution in [1.29, 1.82) is 0 Å². The van der Waals surface area contributed by atoms with E-state index < -0.39 is 21.7 Å². The minimum absolute atomic E-state index is 0.0313. The highest BCUT2D eigenvalue weighted by Gasteiger charge is 2.42. The van der Waals surface area contributed by atoms with E-state index in [0.717, 1.165) is 4.31 Å². The van der Waals surface area contributed by atoms with E-state index in [0.29, 0.717) is 39.9 Å². The molecule has 0 spiro atoms. The minimum Gasteiger partial charge on any atom is -0.477 e. The van der Waals surface area contributed by atoms with Gasteiger partial charge in [0.2, 0.25) is 20.4 Å². The van der Waals surface area contributed by atoms with Crippen molar-refractivity contribution in [2.75, 3.05) is 20.4 Å². The van der Waals surface area contributed by atoms with Crippen LogP contribution in [0.5, 0.6) is 34.5 Å². The summed E-state index contributed by atoms with van der Waals surface area (Å²) in [5.74, 6) is 1.07. The molecular formula is C25H17NO10S. The van der Waals surface area contributed by atoms with Gasteiger partial charge in [-0.1, -0.05) is 12.1 Å². The van der Waals surface area contributed by atoms with E-state index in [1.54, 1.807) is 36.4 Å². The number of hydrogen-bond acceptors (Lipinski definition) is 9. The molecule has 0 fully saturated rings. The number of benzene rings is 3. The van der Waals surface area contributed by atoms with Crippen LogP contribution in [0, 0.1) is 0 Å². The summed E-state index contributed by atoms with van der Waals surface area (Å²) in [4.78, 5) is 12.7. The summed E-state index contributed by atoms with van der Waals surface area (Å²) in [6.07, 6.45) is 0. The molecule has 0 aromatic heterocycles. The lowest BCUT2D eigenvalue weighted by Gasteiger charge is -2.33. The van der Waals surface area contributed by atoms with Crippen molar-refractivity contribution in [2.45, 2.75) is 11.4 Å². The summed E-state index contributed by atoms with van der Waals surface area (Å²) in [6, 6.07) is 12.8. The van der Waals surface area contributed by atoms with E-state index in [-0.39, 0.29) is 48.7 Å². The van der Waals surface area contributed by atoms with Gasteiger partial charge >= 0.3 is 5.97 Å². The Labute approximate surface area is 210 Å². The lowest BCUT2D eigenvalue weighted by molar-refractivity contribution is -0.133. The van der Waals surface area contributed by atoms with Crippen LogP contribution in [-0.2, 0) is 21.4 Å². The van der Waals surface area contributed by atoms with Crippen molar-refractivity contribution < 1.29 is 46.7 Å². The van der Waals surface area contributed by atoms with Crippen LogP contribution in [0.1, 0.15) is 16.7 Å². The molecule has 12 heteroatoms. The summed E-state index contributed by atoms with van der Waals surface area (Å²) in [7, 11) is -4.33. The zero-order chi connectivity index (χ0) is 25.3. The highest BCUT2D eigenvalue weighted by molar-refractivity contribution is 7.89. The van der Waals surface area contributed by atoms with Gasteiger partial charge in [-0.2, -0.15) is 0 Å². The molecule has 0 aliphatic carbocycles. The second-order valence-electron chi connectivity index (χ2n) is 8.50. The minimum atomic E-state index is -4.33. The zero-order valence-corrected chi connectivity index (χ0v) is 19.7. The molecule has 0 bridgehead atoms. The van der Waals surface area contributed by atoms with Crippen LogP contribution in [0.15, 0.2) is 59.1 Å². The first kappa shape index (κ1) is 21.7. The van der Waals surface area contributed by atoms with Crippen molar-refractivity contribution >= 4 is 21.6 Å². The summed E-state index contributed by atoms with van der Waals surface area (Å²) in [5, 5.41) is 10.4. The third-order valence-corrected chi connectivity index (χ3v) is 8.21. The lowest BCUT2D eigenvalue weighted by Crippen LogP contribution is -2.37. The molecule has 11 nitrogen and oxygen atoms in total. The number of carbonyl (C=O) groups is 1. The topological polar surface area (TPSA) is 130 Å². The van der Waals surface area contributed by atoms with Crippen molar-refractivity contribution in [3.63, 3.8) is 0 Å². The van der Waals surface area contributed by atoms with Crippen LogP contribution in [0.25, 0.3) is 5.57 Å². The Bertz CT molecular complexity index is 1650. The number of carboxylic acid groups (broad SMARTS) is 1. The summed E-state index contributed by atoms with van der Waals surface area (Å²) in [6.45, 7) is -0.254. The highest BCUT2D eigenvalue weighted by Crippen LogP contribution is 2.48. The number of sulfonamides is 1. The summed E-state index contributed by atoms with van der Waals surface area (Å²) >= 11 is 0. The molecule has 4 aliphatic heterocycles. The first-order valence-electron chi connectivity index (χ1n) is 11.1. The Morgan fingerprint density at radius 3 is 2.00 bits per heavy atom. The van der Waals surface area contributed by atoms with Gasteiger partial charge in [-0.3, -0.25) is 4.31 Å². The number of ether oxygens (including phenoxy) is 6. The lowest BCUT2D eigenvalue weighted by atomic mass is 9.94. The number of nitrogens with zero attached hydrogens (tertiary/aromatic N) is 1. The van der Waals surface area contributed by atoms with E-state index in [1.165, 1.54) is 12.1 Å². The molecule has 188 valence electrons. The fourth-order valence-electron chi connectivity index (χ4n) is 4.75. The molecule has 4 aliphatic rings. The monoisotopic (exact) mass is 523 g/mol. The molecule has 0 saturated carbocycles. The SMILES string of the molecule is O=C(O)C1=C(c2ccc3c(c2)OCO3)c2cc3c(cc2S(=O)(=O)N1Cc1ccc2c(c1)OCO2)OCO3. The maximum absolute atomic E-state index is 14.0. The molecule has 0 atom stereocenters.